The molecule has 1 N–H and O–H groups in total. The minimum atomic E-state index is 0.723. The molecule has 0 radical (unpaired) electrons. The molecule has 0 spiro atoms. The Kier molecular flexibility index (Phi) is 3.81. The highest BCUT2D eigenvalue weighted by atomic mass is 15.3. The van der Waals surface area contributed by atoms with Crippen LogP contribution in [0.3, 0.4) is 0 Å². The highest BCUT2D eigenvalue weighted by molar-refractivity contribution is 5.56. The van der Waals surface area contributed by atoms with E-state index < -0.39 is 0 Å². The predicted octanol–water partition coefficient (Wildman–Crippen LogP) is 2.98. The summed E-state index contributed by atoms with van der Waals surface area (Å²) >= 11 is 0. The maximum absolute atomic E-state index is 4.59. The quantitative estimate of drug-likeness (QED) is 0.782. The second kappa shape index (κ2) is 5.91. The Balaban J connectivity index is 1.81. The van der Waals surface area contributed by atoms with Gasteiger partial charge in [-0.1, -0.05) is 37.3 Å². The minimum Gasteiger partial charge on any atom is -0.272 e. The number of benzene rings is 1. The molecule has 2 aromatic heterocycles. The number of nitrogens with zero attached hydrogens (tertiary/aromatic N) is 4. The number of rotatable bonds is 5. The smallest absolute Gasteiger partial charge is 0.184 e. The van der Waals surface area contributed by atoms with Gasteiger partial charge in [0.2, 0.25) is 0 Å². The van der Waals surface area contributed by atoms with Crippen molar-refractivity contribution in [1.82, 2.24) is 25.0 Å². The fraction of sp³-hybridized carbons (Fsp3) is 0.312. The lowest BCUT2D eigenvalue weighted by atomic mass is 10.1. The Labute approximate surface area is 124 Å². The summed E-state index contributed by atoms with van der Waals surface area (Å²) in [7, 11) is 0. The van der Waals surface area contributed by atoms with Crippen LogP contribution in [0, 0.1) is 6.92 Å². The van der Waals surface area contributed by atoms with Crippen molar-refractivity contribution in [3.05, 3.63) is 53.6 Å². The molecule has 21 heavy (non-hydrogen) atoms. The second-order valence-electron chi connectivity index (χ2n) is 5.16. The molecule has 0 aliphatic carbocycles. The van der Waals surface area contributed by atoms with Crippen molar-refractivity contribution < 1.29 is 0 Å². The van der Waals surface area contributed by atoms with Gasteiger partial charge in [-0.2, -0.15) is 10.2 Å². The molecule has 0 amide bonds. The van der Waals surface area contributed by atoms with Gasteiger partial charge in [-0.25, -0.2) is 4.98 Å². The van der Waals surface area contributed by atoms with Crippen molar-refractivity contribution in [2.45, 2.75) is 33.2 Å². The third-order valence-corrected chi connectivity index (χ3v) is 3.39. The van der Waals surface area contributed by atoms with Gasteiger partial charge in [-0.15, -0.1) is 0 Å². The summed E-state index contributed by atoms with van der Waals surface area (Å²) in [6, 6.07) is 10.3. The summed E-state index contributed by atoms with van der Waals surface area (Å²) < 4.78 is 1.96. The first-order valence-electron chi connectivity index (χ1n) is 7.26. The average molecular weight is 281 g/mol. The monoisotopic (exact) mass is 281 g/mol. The van der Waals surface area contributed by atoms with Crippen molar-refractivity contribution in [3.8, 4) is 11.4 Å². The molecule has 3 rings (SSSR count). The summed E-state index contributed by atoms with van der Waals surface area (Å²) in [4.78, 5) is 4.59. The third kappa shape index (κ3) is 3.02. The van der Waals surface area contributed by atoms with Crippen LogP contribution in [0.2, 0.25) is 0 Å². The van der Waals surface area contributed by atoms with Gasteiger partial charge in [0.05, 0.1) is 11.3 Å². The van der Waals surface area contributed by atoms with Crippen LogP contribution in [0.15, 0.2) is 36.5 Å². The van der Waals surface area contributed by atoms with E-state index in [9.17, 15) is 0 Å². The van der Waals surface area contributed by atoms with Gasteiger partial charge in [0.1, 0.15) is 5.82 Å². The van der Waals surface area contributed by atoms with Crippen molar-refractivity contribution in [3.63, 3.8) is 0 Å². The highest BCUT2D eigenvalue weighted by Crippen LogP contribution is 2.19. The van der Waals surface area contributed by atoms with Crippen molar-refractivity contribution in [2.24, 2.45) is 0 Å². The van der Waals surface area contributed by atoms with E-state index in [1.165, 1.54) is 5.56 Å². The van der Waals surface area contributed by atoms with Crippen molar-refractivity contribution >= 4 is 0 Å². The van der Waals surface area contributed by atoms with E-state index in [1.807, 2.05) is 36.0 Å². The molecular formula is C16H19N5. The zero-order valence-corrected chi connectivity index (χ0v) is 12.4. The summed E-state index contributed by atoms with van der Waals surface area (Å²) in [5.41, 5.74) is 3.19. The molecular weight excluding hydrogens is 262 g/mol. The maximum Gasteiger partial charge on any atom is 0.184 e. The minimum absolute atomic E-state index is 0.723. The van der Waals surface area contributed by atoms with Gasteiger partial charge in [0.15, 0.2) is 5.82 Å². The lowest BCUT2D eigenvalue weighted by Crippen LogP contribution is -1.96. The normalized spacial score (nSPS) is 11.0. The van der Waals surface area contributed by atoms with Gasteiger partial charge in [0, 0.05) is 19.2 Å². The van der Waals surface area contributed by atoms with Crippen LogP contribution in [-0.2, 0) is 13.0 Å². The molecule has 5 nitrogen and oxygen atoms in total. The largest absolute Gasteiger partial charge is 0.272 e. The number of hydrogen-bond donors (Lipinski definition) is 1. The molecule has 1 aromatic carbocycles. The first kappa shape index (κ1) is 13.5. The van der Waals surface area contributed by atoms with Crippen LogP contribution in [0.25, 0.3) is 11.4 Å². The van der Waals surface area contributed by atoms with Gasteiger partial charge in [-0.3, -0.25) is 9.78 Å². The highest BCUT2D eigenvalue weighted by Gasteiger charge is 2.12. The van der Waals surface area contributed by atoms with E-state index >= 15 is 0 Å². The van der Waals surface area contributed by atoms with E-state index in [2.05, 4.69) is 39.3 Å². The molecule has 2 heterocycles. The van der Waals surface area contributed by atoms with Crippen LogP contribution in [0.5, 0.6) is 0 Å². The number of H-pyrrole nitrogens is 1. The fourth-order valence-corrected chi connectivity index (χ4v) is 2.37. The van der Waals surface area contributed by atoms with Gasteiger partial charge in [0.25, 0.3) is 0 Å². The lowest BCUT2D eigenvalue weighted by molar-refractivity contribution is 0.598. The van der Waals surface area contributed by atoms with Gasteiger partial charge >= 0.3 is 0 Å². The van der Waals surface area contributed by atoms with E-state index in [-0.39, 0.29) is 0 Å². The van der Waals surface area contributed by atoms with Gasteiger partial charge < -0.3 is 0 Å². The first-order valence-corrected chi connectivity index (χ1v) is 7.26. The zero-order chi connectivity index (χ0) is 14.7. The third-order valence-electron chi connectivity index (χ3n) is 3.39. The molecule has 5 heteroatoms. The summed E-state index contributed by atoms with van der Waals surface area (Å²) in [5, 5.41) is 11.8. The maximum atomic E-state index is 4.59. The fourth-order valence-electron chi connectivity index (χ4n) is 2.37. The van der Waals surface area contributed by atoms with E-state index in [4.69, 9.17) is 0 Å². The first-order chi connectivity index (χ1) is 10.3. The summed E-state index contributed by atoms with van der Waals surface area (Å²) in [6.45, 7) is 5.05. The van der Waals surface area contributed by atoms with E-state index in [0.29, 0.717) is 0 Å². The Morgan fingerprint density at radius 3 is 2.76 bits per heavy atom. The average Bonchev–Trinajstić information content (AvgIpc) is 3.07. The van der Waals surface area contributed by atoms with Crippen LogP contribution >= 0.6 is 0 Å². The number of aromatic nitrogens is 5. The molecule has 0 atom stereocenters. The topological polar surface area (TPSA) is 59.4 Å². The van der Waals surface area contributed by atoms with E-state index in [1.54, 1.807) is 0 Å². The molecule has 0 fully saturated rings. The molecule has 0 aliphatic rings. The van der Waals surface area contributed by atoms with Crippen LogP contribution in [0.4, 0.5) is 0 Å². The Hall–Kier alpha value is -2.43. The van der Waals surface area contributed by atoms with Crippen molar-refractivity contribution in [2.75, 3.05) is 0 Å². The molecule has 0 saturated heterocycles. The Morgan fingerprint density at radius 1 is 1.19 bits per heavy atom. The van der Waals surface area contributed by atoms with Crippen LogP contribution < -0.4 is 0 Å². The van der Waals surface area contributed by atoms with Crippen LogP contribution in [-0.4, -0.2) is 25.0 Å². The Morgan fingerprint density at radius 2 is 2.00 bits per heavy atom. The Bertz CT molecular complexity index is 711. The SMILES string of the molecule is CCCn1cc(-c2n[nH]c(Cc3ccccc3)n2)c(C)n1. The lowest BCUT2D eigenvalue weighted by Gasteiger charge is -1.95. The van der Waals surface area contributed by atoms with Crippen LogP contribution in [0.1, 0.15) is 30.4 Å². The second-order valence-corrected chi connectivity index (χ2v) is 5.16. The standard InChI is InChI=1S/C16H19N5/c1-3-9-21-11-14(12(2)20-21)16-17-15(18-19-16)10-13-7-5-4-6-8-13/h4-8,11H,3,9-10H2,1-2H3,(H,17,18,19). The number of hydrogen-bond acceptors (Lipinski definition) is 3. The molecule has 0 saturated carbocycles. The van der Waals surface area contributed by atoms with E-state index in [0.717, 1.165) is 42.3 Å². The van der Waals surface area contributed by atoms with Gasteiger partial charge in [-0.05, 0) is 18.9 Å². The molecule has 3 aromatic rings. The predicted molar refractivity (Wildman–Crippen MR) is 81.9 cm³/mol. The molecule has 0 bridgehead atoms. The number of aryl methyl sites for hydroxylation is 2. The summed E-state index contributed by atoms with van der Waals surface area (Å²) in [5.74, 6) is 1.60. The molecule has 0 aliphatic heterocycles. The summed E-state index contributed by atoms with van der Waals surface area (Å²) in [6.07, 6.45) is 3.85. The molecule has 0 unspecified atom stereocenters. The number of nitrogens with one attached hydrogen (secondary N) is 1. The van der Waals surface area contributed by atoms with Crippen molar-refractivity contribution in [1.29, 1.82) is 0 Å². The number of aromatic amines is 1. The molecule has 108 valence electrons. The zero-order valence-electron chi connectivity index (χ0n) is 12.4.